The molecule has 0 atom stereocenters. The molecule has 0 unspecified atom stereocenters. The third-order valence-corrected chi connectivity index (χ3v) is 4.53. The van der Waals surface area contributed by atoms with Crippen molar-refractivity contribution in [3.05, 3.63) is 69.9 Å². The minimum Gasteiger partial charge on any atom is -0.465 e. The smallest absolute Gasteiger partial charge is 0.407 e. The molecule has 25 heavy (non-hydrogen) atoms. The molecule has 0 saturated carbocycles. The zero-order chi connectivity index (χ0) is 17.4. The summed E-state index contributed by atoms with van der Waals surface area (Å²) in [6.45, 7) is 0.792. The molecule has 0 radical (unpaired) electrons. The number of rotatable bonds is 2. The molecule has 7 heteroatoms. The molecule has 0 fully saturated rings. The normalized spacial score (nSPS) is 13.7. The lowest BCUT2D eigenvalue weighted by molar-refractivity contribution is 0.139. The molecular weight excluding hydrogens is 320 g/mol. The number of pyridine rings is 3. The van der Waals surface area contributed by atoms with Crippen molar-refractivity contribution < 1.29 is 9.90 Å². The molecule has 1 N–H and O–H groups in total. The van der Waals surface area contributed by atoms with Crippen LogP contribution in [0.2, 0.25) is 0 Å². The Morgan fingerprint density at radius 2 is 1.96 bits per heavy atom. The van der Waals surface area contributed by atoms with E-state index in [1.54, 1.807) is 17.0 Å². The fourth-order valence-electron chi connectivity index (χ4n) is 3.33. The predicted octanol–water partition coefficient (Wildman–Crippen LogP) is 1.88. The van der Waals surface area contributed by atoms with Crippen LogP contribution in [0.1, 0.15) is 16.8 Å². The third kappa shape index (κ3) is 2.63. The standard InChI is InChI=1S/C18H16N4O3/c23-17-15-11-21(18(24)25)9-6-13(15)14-5-3-8-20-16(14)22(17)10-12-4-1-2-7-19-12/h1-5,7-8H,6,9-11H2,(H,24,25). The summed E-state index contributed by atoms with van der Waals surface area (Å²) >= 11 is 0. The van der Waals surface area contributed by atoms with Gasteiger partial charge in [-0.25, -0.2) is 9.78 Å². The Morgan fingerprint density at radius 3 is 2.72 bits per heavy atom. The van der Waals surface area contributed by atoms with Gasteiger partial charge in [-0.05, 0) is 36.2 Å². The van der Waals surface area contributed by atoms with Crippen LogP contribution in [0.5, 0.6) is 0 Å². The van der Waals surface area contributed by atoms with Crippen molar-refractivity contribution in [3.8, 4) is 0 Å². The van der Waals surface area contributed by atoms with Gasteiger partial charge in [-0.3, -0.25) is 14.3 Å². The van der Waals surface area contributed by atoms with Crippen LogP contribution in [0.4, 0.5) is 4.79 Å². The molecule has 1 aliphatic rings. The topological polar surface area (TPSA) is 88.3 Å². The van der Waals surface area contributed by atoms with Gasteiger partial charge in [0.25, 0.3) is 5.56 Å². The second kappa shape index (κ2) is 6.01. The van der Waals surface area contributed by atoms with E-state index in [9.17, 15) is 14.7 Å². The number of amides is 1. The number of carbonyl (C=O) groups is 1. The molecule has 4 rings (SSSR count). The lowest BCUT2D eigenvalue weighted by Crippen LogP contribution is -2.40. The Bertz CT molecular complexity index is 1010. The maximum absolute atomic E-state index is 13.1. The molecule has 3 aromatic rings. The molecule has 7 nitrogen and oxygen atoms in total. The van der Waals surface area contributed by atoms with Crippen molar-refractivity contribution in [2.45, 2.75) is 19.5 Å². The van der Waals surface area contributed by atoms with Crippen molar-refractivity contribution in [2.75, 3.05) is 6.54 Å². The van der Waals surface area contributed by atoms with Crippen LogP contribution < -0.4 is 5.56 Å². The van der Waals surface area contributed by atoms with E-state index in [1.165, 1.54) is 4.90 Å². The van der Waals surface area contributed by atoms with Crippen molar-refractivity contribution in [1.82, 2.24) is 19.4 Å². The summed E-state index contributed by atoms with van der Waals surface area (Å²) < 4.78 is 1.59. The molecule has 0 aromatic carbocycles. The monoisotopic (exact) mass is 336 g/mol. The van der Waals surface area contributed by atoms with Gasteiger partial charge in [-0.1, -0.05) is 6.07 Å². The van der Waals surface area contributed by atoms with Gasteiger partial charge in [0.05, 0.1) is 18.8 Å². The maximum atomic E-state index is 13.1. The van der Waals surface area contributed by atoms with Gasteiger partial charge >= 0.3 is 6.09 Å². The summed E-state index contributed by atoms with van der Waals surface area (Å²) in [4.78, 5) is 34.4. The molecule has 0 aliphatic carbocycles. The highest BCUT2D eigenvalue weighted by atomic mass is 16.4. The highest BCUT2D eigenvalue weighted by Gasteiger charge is 2.26. The van der Waals surface area contributed by atoms with E-state index in [0.717, 1.165) is 16.6 Å². The number of hydrogen-bond donors (Lipinski definition) is 1. The lowest BCUT2D eigenvalue weighted by Gasteiger charge is -2.27. The van der Waals surface area contributed by atoms with E-state index >= 15 is 0 Å². The van der Waals surface area contributed by atoms with Crippen molar-refractivity contribution in [2.24, 2.45) is 0 Å². The van der Waals surface area contributed by atoms with E-state index in [1.807, 2.05) is 30.3 Å². The summed E-state index contributed by atoms with van der Waals surface area (Å²) in [5, 5.41) is 10.2. The minimum absolute atomic E-state index is 0.108. The highest BCUT2D eigenvalue weighted by Crippen LogP contribution is 2.24. The summed E-state index contributed by atoms with van der Waals surface area (Å²) in [5.41, 5.74) is 2.61. The first-order valence-corrected chi connectivity index (χ1v) is 8.02. The molecule has 0 bridgehead atoms. The molecule has 1 aliphatic heterocycles. The second-order valence-electron chi connectivity index (χ2n) is 6.00. The van der Waals surface area contributed by atoms with Gasteiger partial charge in [-0.2, -0.15) is 0 Å². The van der Waals surface area contributed by atoms with Gasteiger partial charge in [0.15, 0.2) is 0 Å². The van der Waals surface area contributed by atoms with E-state index in [0.29, 0.717) is 30.7 Å². The summed E-state index contributed by atoms with van der Waals surface area (Å²) in [7, 11) is 0. The lowest BCUT2D eigenvalue weighted by atomic mass is 9.97. The molecule has 4 heterocycles. The predicted molar refractivity (Wildman–Crippen MR) is 91.5 cm³/mol. The molecule has 126 valence electrons. The molecule has 0 spiro atoms. The number of aromatic nitrogens is 3. The molecule has 3 aromatic heterocycles. The van der Waals surface area contributed by atoms with Gasteiger partial charge in [-0.15, -0.1) is 0 Å². The first kappa shape index (κ1) is 15.3. The highest BCUT2D eigenvalue weighted by molar-refractivity contribution is 5.81. The summed E-state index contributed by atoms with van der Waals surface area (Å²) in [6.07, 6.45) is 2.85. The first-order chi connectivity index (χ1) is 12.1. The number of nitrogens with zero attached hydrogens (tertiary/aromatic N) is 4. The minimum atomic E-state index is -1.01. The quantitative estimate of drug-likeness (QED) is 0.772. The number of carboxylic acid groups (broad SMARTS) is 1. The van der Waals surface area contributed by atoms with Crippen LogP contribution in [0, 0.1) is 0 Å². The van der Waals surface area contributed by atoms with Crippen molar-refractivity contribution in [3.63, 3.8) is 0 Å². The van der Waals surface area contributed by atoms with Crippen molar-refractivity contribution in [1.29, 1.82) is 0 Å². The largest absolute Gasteiger partial charge is 0.465 e. The Hall–Kier alpha value is -3.22. The average Bonchev–Trinajstić information content (AvgIpc) is 2.65. The molecule has 0 saturated heterocycles. The van der Waals surface area contributed by atoms with E-state index in [2.05, 4.69) is 9.97 Å². The van der Waals surface area contributed by atoms with E-state index in [-0.39, 0.29) is 12.1 Å². The van der Waals surface area contributed by atoms with Crippen molar-refractivity contribution >= 4 is 17.1 Å². The Labute approximate surface area is 143 Å². The zero-order valence-electron chi connectivity index (χ0n) is 13.4. The summed E-state index contributed by atoms with van der Waals surface area (Å²) in [6, 6.07) is 9.31. The van der Waals surface area contributed by atoms with Gasteiger partial charge in [0.2, 0.25) is 0 Å². The van der Waals surface area contributed by atoms with Crippen LogP contribution in [-0.2, 0) is 19.5 Å². The SMILES string of the molecule is O=C(O)N1CCc2c(c(=O)n(Cc3ccccn3)c3ncccc23)C1. The summed E-state index contributed by atoms with van der Waals surface area (Å²) in [5.74, 6) is 0. The number of fused-ring (bicyclic) bond motifs is 3. The van der Waals surface area contributed by atoms with Crippen LogP contribution in [0.15, 0.2) is 47.5 Å². The Balaban J connectivity index is 1.92. The zero-order valence-corrected chi connectivity index (χ0v) is 13.4. The van der Waals surface area contributed by atoms with Crippen LogP contribution in [-0.4, -0.2) is 37.2 Å². The number of hydrogen-bond acceptors (Lipinski definition) is 4. The van der Waals surface area contributed by atoms with E-state index in [4.69, 9.17) is 0 Å². The fraction of sp³-hybridized carbons (Fsp3) is 0.222. The second-order valence-corrected chi connectivity index (χ2v) is 6.00. The maximum Gasteiger partial charge on any atom is 0.407 e. The van der Waals surface area contributed by atoms with E-state index < -0.39 is 6.09 Å². The Morgan fingerprint density at radius 1 is 1.12 bits per heavy atom. The molecule has 1 amide bonds. The van der Waals surface area contributed by atoms with Gasteiger partial charge in [0.1, 0.15) is 5.65 Å². The van der Waals surface area contributed by atoms with Gasteiger partial charge < -0.3 is 10.0 Å². The average molecular weight is 336 g/mol. The van der Waals surface area contributed by atoms with Crippen LogP contribution in [0.25, 0.3) is 11.0 Å². The van der Waals surface area contributed by atoms with Crippen LogP contribution >= 0.6 is 0 Å². The fourth-order valence-corrected chi connectivity index (χ4v) is 3.33. The Kier molecular flexibility index (Phi) is 3.68. The molecular formula is C18H16N4O3. The third-order valence-electron chi connectivity index (χ3n) is 4.53. The first-order valence-electron chi connectivity index (χ1n) is 8.02. The van der Waals surface area contributed by atoms with Crippen LogP contribution in [0.3, 0.4) is 0 Å². The van der Waals surface area contributed by atoms with Gasteiger partial charge in [0, 0.05) is 29.9 Å².